The number of rotatable bonds is 2. The second-order valence-electron chi connectivity index (χ2n) is 7.30. The molecule has 0 aliphatic heterocycles. The summed E-state index contributed by atoms with van der Waals surface area (Å²) in [5.74, 6) is 0. The number of hydrogen-bond acceptors (Lipinski definition) is 2. The topological polar surface area (TPSA) is 3.24 Å². The molecule has 0 unspecified atom stereocenters. The van der Waals surface area contributed by atoms with Crippen molar-refractivity contribution >= 4 is 65.7 Å². The quantitative estimate of drug-likeness (QED) is 0.219. The molecule has 0 bridgehead atoms. The van der Waals surface area contributed by atoms with Gasteiger partial charge >= 0.3 is 0 Å². The zero-order valence-electron chi connectivity index (χ0n) is 14.6. The van der Waals surface area contributed by atoms with Gasteiger partial charge in [0.25, 0.3) is 0 Å². The number of anilines is 2. The van der Waals surface area contributed by atoms with E-state index in [0.717, 1.165) is 0 Å². The first-order valence-electron chi connectivity index (χ1n) is 8.42. The van der Waals surface area contributed by atoms with Gasteiger partial charge in [0.1, 0.15) is 0 Å². The van der Waals surface area contributed by atoms with Gasteiger partial charge in [-0.2, -0.15) is 0 Å². The fraction of sp³-hybridized carbons (Fsp3) is 0.182. The molecule has 126 valence electrons. The highest BCUT2D eigenvalue weighted by atomic mass is 127. The first kappa shape index (κ1) is 16.9. The molecule has 0 saturated carbocycles. The van der Waals surface area contributed by atoms with Crippen molar-refractivity contribution in [2.45, 2.75) is 26.2 Å². The monoisotopic (exact) mass is 457 g/mol. The average Bonchev–Trinajstić information content (AvgIpc) is 2.99. The van der Waals surface area contributed by atoms with E-state index in [0.29, 0.717) is 0 Å². The molecular formula is C22H20INS. The Morgan fingerprint density at radius 2 is 1.40 bits per heavy atom. The fourth-order valence-corrected chi connectivity index (χ4v) is 5.49. The van der Waals surface area contributed by atoms with Crippen LogP contribution in [0.5, 0.6) is 0 Å². The lowest BCUT2D eigenvalue weighted by atomic mass is 9.86. The molecule has 0 saturated heterocycles. The van der Waals surface area contributed by atoms with E-state index < -0.39 is 0 Å². The van der Waals surface area contributed by atoms with E-state index in [1.807, 2.05) is 11.3 Å². The average molecular weight is 457 g/mol. The molecule has 0 atom stereocenters. The van der Waals surface area contributed by atoms with E-state index in [2.05, 4.69) is 113 Å². The zero-order valence-corrected chi connectivity index (χ0v) is 17.6. The van der Waals surface area contributed by atoms with Crippen molar-refractivity contribution in [1.29, 1.82) is 0 Å². The van der Waals surface area contributed by atoms with Gasteiger partial charge in [0.2, 0.25) is 0 Å². The zero-order chi connectivity index (χ0) is 17.6. The Hall–Kier alpha value is -1.59. The van der Waals surface area contributed by atoms with Crippen molar-refractivity contribution in [3.8, 4) is 0 Å². The third-order valence-corrected chi connectivity index (χ3v) is 6.77. The molecule has 1 aromatic heterocycles. The fourth-order valence-electron chi connectivity index (χ4n) is 3.30. The standard InChI is InChI=1S/C22H20INS/c1-22(2,3)17-11-5-6-12-18(17)24(23)19-13-8-10-16-15-9-4-7-14-20(15)25-21(16)19/h4-14H,1-3H3. The maximum atomic E-state index is 2.45. The number of benzene rings is 3. The molecule has 0 N–H and O–H groups in total. The second-order valence-corrected chi connectivity index (χ2v) is 9.32. The molecule has 3 aromatic carbocycles. The van der Waals surface area contributed by atoms with Gasteiger partial charge in [-0.1, -0.05) is 69.3 Å². The number of hydrogen-bond donors (Lipinski definition) is 0. The van der Waals surface area contributed by atoms with Crippen LogP contribution in [-0.4, -0.2) is 0 Å². The lowest BCUT2D eigenvalue weighted by Crippen LogP contribution is -2.15. The summed E-state index contributed by atoms with van der Waals surface area (Å²) >= 11 is 4.33. The molecule has 25 heavy (non-hydrogen) atoms. The van der Waals surface area contributed by atoms with Crippen LogP contribution in [0.3, 0.4) is 0 Å². The van der Waals surface area contributed by atoms with E-state index in [4.69, 9.17) is 0 Å². The van der Waals surface area contributed by atoms with E-state index in [1.165, 1.54) is 37.1 Å². The highest BCUT2D eigenvalue weighted by molar-refractivity contribution is 14.1. The summed E-state index contributed by atoms with van der Waals surface area (Å²) < 4.78 is 5.01. The summed E-state index contributed by atoms with van der Waals surface area (Å²) in [4.78, 5) is 0. The molecule has 4 rings (SSSR count). The number of fused-ring (bicyclic) bond motifs is 3. The van der Waals surface area contributed by atoms with E-state index in [1.54, 1.807) is 0 Å². The van der Waals surface area contributed by atoms with Crippen LogP contribution < -0.4 is 3.11 Å². The Labute approximate surface area is 166 Å². The smallest absolute Gasteiger partial charge is 0.0689 e. The highest BCUT2D eigenvalue weighted by Gasteiger charge is 2.22. The van der Waals surface area contributed by atoms with Crippen LogP contribution >= 0.6 is 34.2 Å². The van der Waals surface area contributed by atoms with Crippen molar-refractivity contribution in [2.75, 3.05) is 3.11 Å². The maximum absolute atomic E-state index is 2.45. The van der Waals surface area contributed by atoms with E-state index >= 15 is 0 Å². The van der Waals surface area contributed by atoms with Gasteiger partial charge in [0, 0.05) is 15.5 Å². The van der Waals surface area contributed by atoms with Crippen LogP contribution in [0, 0.1) is 0 Å². The van der Waals surface area contributed by atoms with Crippen LogP contribution in [0.1, 0.15) is 26.3 Å². The minimum Gasteiger partial charge on any atom is -0.281 e. The Morgan fingerprint density at radius 3 is 2.20 bits per heavy atom. The molecule has 0 radical (unpaired) electrons. The molecule has 0 amide bonds. The van der Waals surface area contributed by atoms with Crippen LogP contribution in [0.4, 0.5) is 11.4 Å². The van der Waals surface area contributed by atoms with Gasteiger partial charge in [-0.25, -0.2) is 0 Å². The van der Waals surface area contributed by atoms with Crippen molar-refractivity contribution in [3.05, 3.63) is 72.3 Å². The molecule has 0 fully saturated rings. The first-order valence-corrected chi connectivity index (χ1v) is 10.2. The van der Waals surface area contributed by atoms with Crippen LogP contribution in [-0.2, 0) is 5.41 Å². The molecular weight excluding hydrogens is 437 g/mol. The summed E-state index contributed by atoms with van der Waals surface area (Å²) in [6.07, 6.45) is 0. The van der Waals surface area contributed by atoms with E-state index in [-0.39, 0.29) is 5.41 Å². The number of para-hydroxylation sites is 1. The maximum Gasteiger partial charge on any atom is 0.0689 e. The van der Waals surface area contributed by atoms with Crippen LogP contribution in [0.15, 0.2) is 66.7 Å². The predicted octanol–water partition coefficient (Wildman–Crippen LogP) is 7.84. The SMILES string of the molecule is CC(C)(C)c1ccccc1N(I)c1cccc2c1sc1ccccc12. The number of halogens is 1. The summed E-state index contributed by atoms with van der Waals surface area (Å²) in [7, 11) is 0. The third kappa shape index (κ3) is 2.93. The first-order chi connectivity index (χ1) is 12.0. The molecule has 0 spiro atoms. The minimum absolute atomic E-state index is 0.105. The second kappa shape index (κ2) is 6.29. The van der Waals surface area contributed by atoms with Gasteiger partial charge in [0.15, 0.2) is 0 Å². The third-order valence-electron chi connectivity index (χ3n) is 4.52. The summed E-state index contributed by atoms with van der Waals surface area (Å²) in [6, 6.07) is 24.0. The Balaban J connectivity index is 1.94. The number of nitrogens with zero attached hydrogens (tertiary/aromatic N) is 1. The lowest BCUT2D eigenvalue weighted by Gasteiger charge is -2.27. The summed E-state index contributed by atoms with van der Waals surface area (Å²) in [6.45, 7) is 6.82. The van der Waals surface area contributed by atoms with Gasteiger partial charge in [-0.3, -0.25) is 3.11 Å². The Bertz CT molecular complexity index is 1060. The van der Waals surface area contributed by atoms with Gasteiger partial charge < -0.3 is 0 Å². The summed E-state index contributed by atoms with van der Waals surface area (Å²) in [5.41, 5.74) is 3.99. The van der Waals surface area contributed by atoms with Gasteiger partial charge in [-0.15, -0.1) is 11.3 Å². The Kier molecular flexibility index (Phi) is 4.24. The number of thiophene rings is 1. The largest absolute Gasteiger partial charge is 0.281 e. The molecule has 0 aliphatic rings. The van der Waals surface area contributed by atoms with Crippen molar-refractivity contribution in [1.82, 2.24) is 0 Å². The summed E-state index contributed by atoms with van der Waals surface area (Å²) in [5, 5.41) is 2.69. The van der Waals surface area contributed by atoms with Gasteiger partial charge in [0.05, 0.1) is 38.9 Å². The normalized spacial score (nSPS) is 12.0. The van der Waals surface area contributed by atoms with Crippen molar-refractivity contribution < 1.29 is 0 Å². The van der Waals surface area contributed by atoms with Gasteiger partial charge in [-0.05, 0) is 29.2 Å². The predicted molar refractivity (Wildman–Crippen MR) is 121 cm³/mol. The molecule has 1 heterocycles. The Morgan fingerprint density at radius 1 is 0.760 bits per heavy atom. The van der Waals surface area contributed by atoms with Crippen LogP contribution in [0.25, 0.3) is 20.2 Å². The molecule has 4 aromatic rings. The lowest BCUT2D eigenvalue weighted by molar-refractivity contribution is 0.592. The highest BCUT2D eigenvalue weighted by Crippen LogP contribution is 2.44. The van der Waals surface area contributed by atoms with Crippen molar-refractivity contribution in [3.63, 3.8) is 0 Å². The van der Waals surface area contributed by atoms with Crippen LogP contribution in [0.2, 0.25) is 0 Å². The molecule has 1 nitrogen and oxygen atoms in total. The molecule has 3 heteroatoms. The molecule has 0 aliphatic carbocycles. The minimum atomic E-state index is 0.105. The van der Waals surface area contributed by atoms with E-state index in [9.17, 15) is 0 Å². The van der Waals surface area contributed by atoms with Crippen molar-refractivity contribution in [2.24, 2.45) is 0 Å².